The van der Waals surface area contributed by atoms with E-state index in [0.29, 0.717) is 25.2 Å². The second kappa shape index (κ2) is 10.1. The highest BCUT2D eigenvalue weighted by atomic mass is 32.2. The van der Waals surface area contributed by atoms with Crippen molar-refractivity contribution in [3.63, 3.8) is 0 Å². The van der Waals surface area contributed by atoms with Gasteiger partial charge >= 0.3 is 0 Å². The fourth-order valence-corrected chi connectivity index (χ4v) is 3.68. The fraction of sp³-hybridized carbons (Fsp3) is 0.571. The summed E-state index contributed by atoms with van der Waals surface area (Å²) in [7, 11) is 1.65. The zero-order valence-electron chi connectivity index (χ0n) is 18.1. The highest BCUT2D eigenvalue weighted by Gasteiger charge is 2.27. The van der Waals surface area contributed by atoms with Gasteiger partial charge in [-0.3, -0.25) is 14.4 Å². The Morgan fingerprint density at radius 2 is 1.72 bits per heavy atom. The molecule has 3 amide bonds. The summed E-state index contributed by atoms with van der Waals surface area (Å²) in [6.07, 6.45) is 1.99. The summed E-state index contributed by atoms with van der Waals surface area (Å²) in [5.41, 5.74) is 0.346. The number of hydrogen-bond acceptors (Lipinski definition) is 4. The van der Waals surface area contributed by atoms with Gasteiger partial charge in [-0.25, -0.2) is 0 Å². The van der Waals surface area contributed by atoms with Crippen molar-refractivity contribution in [2.75, 3.05) is 52.6 Å². The Balaban J connectivity index is 1.79. The van der Waals surface area contributed by atoms with Crippen LogP contribution in [-0.2, 0) is 9.59 Å². The van der Waals surface area contributed by atoms with Crippen molar-refractivity contribution < 1.29 is 19.3 Å². The number of piperazine rings is 1. The molecular weight excluding hydrogens is 388 g/mol. The number of likely N-dealkylation sites (N-methyl/N-ethyl adjacent to an activating group) is 1. The molecule has 2 N–H and O–H groups in total. The maximum atomic E-state index is 12.6. The van der Waals surface area contributed by atoms with E-state index in [1.165, 1.54) is 9.80 Å². The molecule has 1 aromatic carbocycles. The van der Waals surface area contributed by atoms with Crippen molar-refractivity contribution in [1.29, 1.82) is 0 Å². The summed E-state index contributed by atoms with van der Waals surface area (Å²) in [5, 5.41) is 2.98. The summed E-state index contributed by atoms with van der Waals surface area (Å²) >= 11 is 1.62. The molecule has 0 bridgehead atoms. The number of carbonyl (C=O) groups is 3. The van der Waals surface area contributed by atoms with Crippen LogP contribution in [0.15, 0.2) is 29.2 Å². The molecule has 8 heteroatoms. The number of carbonyl (C=O) groups excluding carboxylic acids is 3. The molecule has 1 fully saturated rings. The molecule has 1 heterocycles. The maximum absolute atomic E-state index is 12.6. The number of rotatable bonds is 6. The number of hydrogen-bond donors (Lipinski definition) is 2. The first-order valence-electron chi connectivity index (χ1n) is 9.91. The average molecular weight is 422 g/mol. The van der Waals surface area contributed by atoms with E-state index in [2.05, 4.69) is 5.32 Å². The van der Waals surface area contributed by atoms with Crippen LogP contribution in [0.5, 0.6) is 0 Å². The summed E-state index contributed by atoms with van der Waals surface area (Å²) in [5.74, 6) is -0.181. The molecular formula is C21H33N4O3S+. The topological polar surface area (TPSA) is 74.2 Å². The minimum atomic E-state index is -0.235. The number of quaternary nitrogens is 1. The molecule has 1 aromatic rings. The van der Waals surface area contributed by atoms with Crippen LogP contribution >= 0.6 is 11.8 Å². The van der Waals surface area contributed by atoms with Crippen LogP contribution in [0.1, 0.15) is 31.1 Å². The third-order valence-electron chi connectivity index (χ3n) is 4.80. The molecule has 0 atom stereocenters. The van der Waals surface area contributed by atoms with E-state index in [1.807, 2.05) is 39.2 Å². The Morgan fingerprint density at radius 3 is 2.24 bits per heavy atom. The van der Waals surface area contributed by atoms with Crippen LogP contribution in [0.25, 0.3) is 0 Å². The van der Waals surface area contributed by atoms with E-state index in [4.69, 9.17) is 0 Å². The molecule has 0 aliphatic carbocycles. The van der Waals surface area contributed by atoms with Crippen LogP contribution < -0.4 is 10.2 Å². The Kier molecular flexibility index (Phi) is 8.10. The molecule has 160 valence electrons. The lowest BCUT2D eigenvalue weighted by Crippen LogP contribution is -3.16. The molecule has 7 nitrogen and oxygen atoms in total. The van der Waals surface area contributed by atoms with Gasteiger partial charge in [-0.15, -0.1) is 11.8 Å². The number of nitrogens with zero attached hydrogens (tertiary/aromatic N) is 2. The summed E-state index contributed by atoms with van der Waals surface area (Å²) in [6.45, 7) is 9.03. The van der Waals surface area contributed by atoms with Crippen molar-refractivity contribution in [3.05, 3.63) is 29.8 Å². The molecule has 2 rings (SSSR count). The summed E-state index contributed by atoms with van der Waals surface area (Å²) < 4.78 is 0. The van der Waals surface area contributed by atoms with E-state index in [-0.39, 0.29) is 29.8 Å². The van der Waals surface area contributed by atoms with Crippen molar-refractivity contribution in [1.82, 2.24) is 15.1 Å². The number of thioether (sulfide) groups is 1. The highest BCUT2D eigenvalue weighted by Crippen LogP contribution is 2.15. The largest absolute Gasteiger partial charge is 0.347 e. The first-order chi connectivity index (χ1) is 13.6. The third kappa shape index (κ3) is 7.36. The third-order valence-corrected chi connectivity index (χ3v) is 5.55. The first kappa shape index (κ1) is 23.2. The fourth-order valence-electron chi connectivity index (χ4n) is 3.27. The second-order valence-corrected chi connectivity index (χ2v) is 9.38. The van der Waals surface area contributed by atoms with Gasteiger partial charge in [-0.2, -0.15) is 0 Å². The molecule has 29 heavy (non-hydrogen) atoms. The Labute approximate surface area is 177 Å². The SMILES string of the molecule is CSc1ccc(C(=O)N(C)CC(=O)N2CC[NH+](CC(=O)NC(C)(C)C)CC2)cc1. The molecule has 0 saturated carbocycles. The van der Waals surface area contributed by atoms with Gasteiger partial charge in [-0.05, 0) is 51.3 Å². The van der Waals surface area contributed by atoms with Gasteiger partial charge in [0.25, 0.3) is 11.8 Å². The number of benzene rings is 1. The van der Waals surface area contributed by atoms with Crippen LogP contribution in [0.4, 0.5) is 0 Å². The van der Waals surface area contributed by atoms with Crippen molar-refractivity contribution >= 4 is 29.5 Å². The molecule has 1 aliphatic heterocycles. The highest BCUT2D eigenvalue weighted by molar-refractivity contribution is 7.98. The standard InChI is InChI=1S/C21H32N4O3S/c1-21(2,3)22-18(26)14-24-10-12-25(13-11-24)19(27)15-23(4)20(28)16-6-8-17(29-5)9-7-16/h6-9H,10-15H2,1-5H3,(H,22,26)/p+1. The van der Waals surface area contributed by atoms with Gasteiger partial charge in [0.05, 0.1) is 32.7 Å². The average Bonchev–Trinajstić information content (AvgIpc) is 2.66. The molecule has 0 radical (unpaired) electrons. The minimum Gasteiger partial charge on any atom is -0.347 e. The van der Waals surface area contributed by atoms with Crippen molar-refractivity contribution in [3.8, 4) is 0 Å². The smallest absolute Gasteiger partial charge is 0.275 e. The summed E-state index contributed by atoms with van der Waals surface area (Å²) in [4.78, 5) is 42.7. The predicted molar refractivity (Wildman–Crippen MR) is 115 cm³/mol. The minimum absolute atomic E-state index is 0.0325. The lowest BCUT2D eigenvalue weighted by Gasteiger charge is -2.33. The van der Waals surface area contributed by atoms with Crippen molar-refractivity contribution in [2.45, 2.75) is 31.2 Å². The Morgan fingerprint density at radius 1 is 1.14 bits per heavy atom. The number of amides is 3. The van der Waals surface area contributed by atoms with Crippen LogP contribution in [-0.4, -0.2) is 85.6 Å². The van der Waals surface area contributed by atoms with Gasteiger partial charge < -0.3 is 20.0 Å². The van der Waals surface area contributed by atoms with Gasteiger partial charge in [0, 0.05) is 23.0 Å². The van der Waals surface area contributed by atoms with E-state index >= 15 is 0 Å². The van der Waals surface area contributed by atoms with Crippen LogP contribution in [0.2, 0.25) is 0 Å². The van der Waals surface area contributed by atoms with Gasteiger partial charge in [0.15, 0.2) is 6.54 Å². The first-order valence-corrected chi connectivity index (χ1v) is 11.1. The molecule has 0 spiro atoms. The number of nitrogens with one attached hydrogen (secondary N) is 2. The zero-order chi connectivity index (χ0) is 21.6. The lowest BCUT2D eigenvalue weighted by atomic mass is 10.1. The van der Waals surface area contributed by atoms with Crippen LogP contribution in [0.3, 0.4) is 0 Å². The van der Waals surface area contributed by atoms with E-state index < -0.39 is 0 Å². The predicted octanol–water partition coefficient (Wildman–Crippen LogP) is 0.122. The molecule has 0 unspecified atom stereocenters. The Hall–Kier alpha value is -2.06. The van der Waals surface area contributed by atoms with E-state index in [0.717, 1.165) is 18.0 Å². The van der Waals surface area contributed by atoms with Crippen LogP contribution in [0, 0.1) is 0 Å². The van der Waals surface area contributed by atoms with E-state index in [1.54, 1.807) is 35.8 Å². The quantitative estimate of drug-likeness (QED) is 0.640. The second-order valence-electron chi connectivity index (χ2n) is 8.50. The lowest BCUT2D eigenvalue weighted by molar-refractivity contribution is -0.896. The van der Waals surface area contributed by atoms with Crippen molar-refractivity contribution in [2.24, 2.45) is 0 Å². The Bertz CT molecular complexity index is 722. The summed E-state index contributed by atoms with van der Waals surface area (Å²) in [6, 6.07) is 7.40. The van der Waals surface area contributed by atoms with Gasteiger partial charge in [0.1, 0.15) is 0 Å². The molecule has 1 aliphatic rings. The van der Waals surface area contributed by atoms with E-state index in [9.17, 15) is 14.4 Å². The van der Waals surface area contributed by atoms with Gasteiger partial charge in [-0.1, -0.05) is 0 Å². The normalized spacial score (nSPS) is 15.1. The maximum Gasteiger partial charge on any atom is 0.275 e. The van der Waals surface area contributed by atoms with Gasteiger partial charge in [0.2, 0.25) is 5.91 Å². The molecule has 1 saturated heterocycles. The zero-order valence-corrected chi connectivity index (χ0v) is 18.9. The molecule has 0 aromatic heterocycles. The monoisotopic (exact) mass is 421 g/mol.